The summed E-state index contributed by atoms with van der Waals surface area (Å²) in [6.45, 7) is 2.60. The predicted octanol–water partition coefficient (Wildman–Crippen LogP) is 3.45. The summed E-state index contributed by atoms with van der Waals surface area (Å²) in [6, 6.07) is 11.3. The van der Waals surface area contributed by atoms with Gasteiger partial charge in [0.2, 0.25) is 5.91 Å². The van der Waals surface area contributed by atoms with Crippen molar-refractivity contribution in [2.45, 2.75) is 19.8 Å². The van der Waals surface area contributed by atoms with Crippen molar-refractivity contribution < 1.29 is 19.1 Å². The Morgan fingerprint density at radius 3 is 2.60 bits per heavy atom. The van der Waals surface area contributed by atoms with E-state index in [1.807, 2.05) is 30.0 Å². The fourth-order valence-corrected chi connectivity index (χ4v) is 3.19. The van der Waals surface area contributed by atoms with E-state index in [0.717, 1.165) is 35.3 Å². The molecule has 0 aromatic heterocycles. The van der Waals surface area contributed by atoms with Crippen molar-refractivity contribution in [1.29, 1.82) is 0 Å². The van der Waals surface area contributed by atoms with Gasteiger partial charge in [-0.05, 0) is 47.9 Å². The first-order valence-electron chi connectivity index (χ1n) is 8.29. The molecule has 0 bridgehead atoms. The van der Waals surface area contributed by atoms with Crippen LogP contribution < -0.4 is 9.64 Å². The highest BCUT2D eigenvalue weighted by Crippen LogP contribution is 2.36. The van der Waals surface area contributed by atoms with Crippen molar-refractivity contribution in [3.63, 3.8) is 0 Å². The second kappa shape index (κ2) is 6.97. The minimum Gasteiger partial charge on any atom is -0.496 e. The molecule has 0 unspecified atom stereocenters. The summed E-state index contributed by atoms with van der Waals surface area (Å²) in [6.07, 6.45) is 1.35. The van der Waals surface area contributed by atoms with Gasteiger partial charge in [0.05, 0.1) is 19.8 Å². The number of hydrogen-bond acceptors (Lipinski definition) is 4. The first-order chi connectivity index (χ1) is 12.1. The minimum atomic E-state index is -0.396. The van der Waals surface area contributed by atoms with E-state index in [9.17, 15) is 9.59 Å². The molecule has 25 heavy (non-hydrogen) atoms. The summed E-state index contributed by atoms with van der Waals surface area (Å²) in [4.78, 5) is 25.6. The van der Waals surface area contributed by atoms with E-state index in [1.165, 1.54) is 7.11 Å². The van der Waals surface area contributed by atoms with Crippen LogP contribution in [0, 0.1) is 0 Å². The lowest BCUT2D eigenvalue weighted by Gasteiger charge is -2.17. The molecule has 0 spiro atoms. The highest BCUT2D eigenvalue weighted by atomic mass is 16.5. The van der Waals surface area contributed by atoms with Crippen molar-refractivity contribution in [2.24, 2.45) is 0 Å². The van der Waals surface area contributed by atoms with Gasteiger partial charge >= 0.3 is 5.97 Å². The van der Waals surface area contributed by atoms with E-state index in [1.54, 1.807) is 19.2 Å². The van der Waals surface area contributed by atoms with Crippen LogP contribution in [0.5, 0.6) is 5.75 Å². The Morgan fingerprint density at radius 2 is 1.92 bits per heavy atom. The molecule has 0 saturated heterocycles. The van der Waals surface area contributed by atoms with Crippen LogP contribution in [0.15, 0.2) is 36.4 Å². The molecule has 130 valence electrons. The number of carbonyl (C=O) groups excluding carboxylic acids is 2. The van der Waals surface area contributed by atoms with Crippen LogP contribution in [0.3, 0.4) is 0 Å². The summed E-state index contributed by atoms with van der Waals surface area (Å²) in [5, 5.41) is 0. The Kier molecular flexibility index (Phi) is 4.74. The van der Waals surface area contributed by atoms with Gasteiger partial charge in [-0.15, -0.1) is 0 Å². The standard InChI is InChI=1S/C20H21NO4/c1-4-19(22)21-10-9-14-11-13(6-8-17(14)21)16-7-5-15(20(23)25-3)12-18(16)24-2/h5-8,11-12H,4,9-10H2,1-3H3. The highest BCUT2D eigenvalue weighted by molar-refractivity contribution is 5.96. The van der Waals surface area contributed by atoms with Crippen LogP contribution in [0.4, 0.5) is 5.69 Å². The highest BCUT2D eigenvalue weighted by Gasteiger charge is 2.24. The minimum absolute atomic E-state index is 0.145. The summed E-state index contributed by atoms with van der Waals surface area (Å²) in [5.74, 6) is 0.362. The fraction of sp³-hybridized carbons (Fsp3) is 0.300. The summed E-state index contributed by atoms with van der Waals surface area (Å²) in [5.41, 5.74) is 4.49. The molecule has 1 aliphatic heterocycles. The van der Waals surface area contributed by atoms with Crippen LogP contribution in [0.1, 0.15) is 29.3 Å². The molecule has 0 atom stereocenters. The molecule has 1 heterocycles. The van der Waals surface area contributed by atoms with Crippen molar-refractivity contribution in [3.05, 3.63) is 47.5 Å². The Hall–Kier alpha value is -2.82. The van der Waals surface area contributed by atoms with Crippen LogP contribution in [0.2, 0.25) is 0 Å². The summed E-state index contributed by atoms with van der Waals surface area (Å²) < 4.78 is 10.2. The molecule has 5 nitrogen and oxygen atoms in total. The maximum absolute atomic E-state index is 12.0. The largest absolute Gasteiger partial charge is 0.496 e. The molecule has 3 rings (SSSR count). The zero-order chi connectivity index (χ0) is 18.0. The molecular formula is C20H21NO4. The number of anilines is 1. The first kappa shape index (κ1) is 17.0. The molecule has 0 fully saturated rings. The van der Waals surface area contributed by atoms with E-state index >= 15 is 0 Å². The van der Waals surface area contributed by atoms with Gasteiger partial charge in [0.15, 0.2) is 0 Å². The van der Waals surface area contributed by atoms with Crippen LogP contribution >= 0.6 is 0 Å². The van der Waals surface area contributed by atoms with Gasteiger partial charge in [-0.2, -0.15) is 0 Å². The maximum Gasteiger partial charge on any atom is 0.337 e. The maximum atomic E-state index is 12.0. The van der Waals surface area contributed by atoms with E-state index in [2.05, 4.69) is 6.07 Å². The zero-order valence-electron chi connectivity index (χ0n) is 14.7. The normalized spacial score (nSPS) is 12.7. The second-order valence-corrected chi connectivity index (χ2v) is 5.90. The molecule has 0 aliphatic carbocycles. The second-order valence-electron chi connectivity index (χ2n) is 5.90. The van der Waals surface area contributed by atoms with Gasteiger partial charge < -0.3 is 14.4 Å². The van der Waals surface area contributed by atoms with Gasteiger partial charge in [-0.1, -0.05) is 13.0 Å². The summed E-state index contributed by atoms with van der Waals surface area (Å²) in [7, 11) is 2.93. The van der Waals surface area contributed by atoms with Gasteiger partial charge in [-0.25, -0.2) is 4.79 Å². The fourth-order valence-electron chi connectivity index (χ4n) is 3.19. The molecule has 0 saturated carbocycles. The number of amides is 1. The molecule has 0 radical (unpaired) electrons. The smallest absolute Gasteiger partial charge is 0.337 e. The SMILES string of the molecule is CCC(=O)N1CCc2cc(-c3ccc(C(=O)OC)cc3OC)ccc21. The zero-order valence-corrected chi connectivity index (χ0v) is 14.7. The third-order valence-corrected chi connectivity index (χ3v) is 4.51. The van der Waals surface area contributed by atoms with Crippen LogP contribution in [-0.2, 0) is 16.0 Å². The van der Waals surface area contributed by atoms with E-state index < -0.39 is 5.97 Å². The average molecular weight is 339 g/mol. The van der Waals surface area contributed by atoms with E-state index in [0.29, 0.717) is 17.7 Å². The predicted molar refractivity (Wildman–Crippen MR) is 96.1 cm³/mol. The molecule has 1 amide bonds. The molecule has 0 N–H and O–H groups in total. The molecule has 2 aromatic rings. The van der Waals surface area contributed by atoms with Gasteiger partial charge in [0.1, 0.15) is 5.75 Å². The Labute approximate surface area is 147 Å². The number of hydrogen-bond donors (Lipinski definition) is 0. The molecule has 5 heteroatoms. The first-order valence-corrected chi connectivity index (χ1v) is 8.29. The third-order valence-electron chi connectivity index (χ3n) is 4.51. The van der Waals surface area contributed by atoms with E-state index in [4.69, 9.17) is 9.47 Å². The number of carbonyl (C=O) groups is 2. The monoisotopic (exact) mass is 339 g/mol. The topological polar surface area (TPSA) is 55.8 Å². The van der Waals surface area contributed by atoms with Crippen LogP contribution in [0.25, 0.3) is 11.1 Å². The van der Waals surface area contributed by atoms with Crippen LogP contribution in [-0.4, -0.2) is 32.6 Å². The van der Waals surface area contributed by atoms with Gasteiger partial charge in [-0.3, -0.25) is 4.79 Å². The van der Waals surface area contributed by atoms with Crippen molar-refractivity contribution in [1.82, 2.24) is 0 Å². The number of fused-ring (bicyclic) bond motifs is 1. The number of ether oxygens (including phenoxy) is 2. The lowest BCUT2D eigenvalue weighted by Crippen LogP contribution is -2.27. The third kappa shape index (κ3) is 3.09. The quantitative estimate of drug-likeness (QED) is 0.801. The molecular weight excluding hydrogens is 318 g/mol. The van der Waals surface area contributed by atoms with Crippen molar-refractivity contribution in [3.8, 4) is 16.9 Å². The Morgan fingerprint density at radius 1 is 1.12 bits per heavy atom. The van der Waals surface area contributed by atoms with E-state index in [-0.39, 0.29) is 5.91 Å². The number of esters is 1. The number of benzene rings is 2. The average Bonchev–Trinajstić information content (AvgIpc) is 3.09. The molecule has 2 aromatic carbocycles. The van der Waals surface area contributed by atoms with Gasteiger partial charge in [0.25, 0.3) is 0 Å². The van der Waals surface area contributed by atoms with Crippen molar-refractivity contribution >= 4 is 17.6 Å². The Balaban J connectivity index is 1.98. The summed E-state index contributed by atoms with van der Waals surface area (Å²) >= 11 is 0. The van der Waals surface area contributed by atoms with Crippen molar-refractivity contribution in [2.75, 3.05) is 25.7 Å². The number of methoxy groups -OCH3 is 2. The Bertz CT molecular complexity index is 828. The lowest BCUT2D eigenvalue weighted by molar-refractivity contribution is -0.118. The number of nitrogens with zero attached hydrogens (tertiary/aromatic N) is 1. The number of rotatable bonds is 4. The van der Waals surface area contributed by atoms with Gasteiger partial charge in [0, 0.05) is 24.2 Å². The lowest BCUT2D eigenvalue weighted by atomic mass is 9.99. The molecule has 1 aliphatic rings.